The number of rotatable bonds is 2. The molecule has 0 bridgehead atoms. The van der Waals surface area contributed by atoms with E-state index in [4.69, 9.17) is 10.5 Å². The molecule has 8 nitrogen and oxygen atoms in total. The molecule has 0 radical (unpaired) electrons. The SMILES string of the molecule is C=C1NC(N)=Nc2c1ncn2[C@@H]1OC(CO)C(O)[C@]1(F)C#CCF. The van der Waals surface area contributed by atoms with Crippen LogP contribution in [0.2, 0.25) is 0 Å². The molecule has 0 amide bonds. The molecule has 2 unspecified atom stereocenters. The summed E-state index contributed by atoms with van der Waals surface area (Å²) < 4.78 is 34.3. The van der Waals surface area contributed by atoms with Crippen LogP contribution in [0.5, 0.6) is 0 Å². The van der Waals surface area contributed by atoms with Crippen LogP contribution in [-0.4, -0.2) is 56.9 Å². The Morgan fingerprint density at radius 2 is 2.33 bits per heavy atom. The van der Waals surface area contributed by atoms with Crippen molar-refractivity contribution in [1.29, 1.82) is 0 Å². The van der Waals surface area contributed by atoms with Crippen LogP contribution < -0.4 is 11.1 Å². The molecule has 2 aliphatic heterocycles. The maximum Gasteiger partial charge on any atom is 0.243 e. The number of aromatic nitrogens is 2. The summed E-state index contributed by atoms with van der Waals surface area (Å²) >= 11 is 0. The van der Waals surface area contributed by atoms with Gasteiger partial charge in [-0.2, -0.15) is 4.99 Å². The molecule has 3 rings (SSSR count). The van der Waals surface area contributed by atoms with Crippen molar-refractivity contribution in [2.45, 2.75) is 24.1 Å². The molecule has 128 valence electrons. The van der Waals surface area contributed by atoms with Crippen LogP contribution in [0.3, 0.4) is 0 Å². The molecule has 1 saturated heterocycles. The third kappa shape index (κ3) is 2.34. The van der Waals surface area contributed by atoms with Crippen molar-refractivity contribution in [3.05, 3.63) is 18.6 Å². The van der Waals surface area contributed by atoms with Gasteiger partial charge >= 0.3 is 0 Å². The minimum atomic E-state index is -2.66. The zero-order valence-corrected chi connectivity index (χ0v) is 12.4. The summed E-state index contributed by atoms with van der Waals surface area (Å²) in [6.07, 6.45) is -3.29. The number of hydrogen-bond acceptors (Lipinski definition) is 7. The molecule has 10 heteroatoms. The van der Waals surface area contributed by atoms with E-state index in [0.29, 0.717) is 11.4 Å². The van der Waals surface area contributed by atoms with E-state index in [1.165, 1.54) is 10.9 Å². The minimum Gasteiger partial charge on any atom is -0.394 e. The first-order chi connectivity index (χ1) is 11.4. The number of aliphatic hydroxyl groups excluding tert-OH is 2. The Labute approximate surface area is 135 Å². The summed E-state index contributed by atoms with van der Waals surface area (Å²) in [6, 6.07) is 0. The molecule has 0 aliphatic carbocycles. The van der Waals surface area contributed by atoms with Gasteiger partial charge in [-0.25, -0.2) is 13.8 Å². The number of hydrogen-bond donors (Lipinski definition) is 4. The number of aliphatic hydroxyl groups is 2. The van der Waals surface area contributed by atoms with Crippen LogP contribution in [0.4, 0.5) is 14.6 Å². The number of alkyl halides is 2. The standard InChI is InChI=1S/C14H15F2N5O3/c1-7-9-11(20-13(17)19-7)21(6-18-9)12-14(16,3-2-4-15)10(23)8(5-22)24-12/h6,8,10,12,22-23H,1,4-5H2,(H3,17,19,20)/t8?,10?,12-,14-/m1/s1. The average Bonchev–Trinajstić information content (AvgIpc) is 3.06. The molecule has 5 N–H and O–H groups in total. The third-order valence-electron chi connectivity index (χ3n) is 3.78. The number of guanidine groups is 1. The Morgan fingerprint density at radius 1 is 1.58 bits per heavy atom. The van der Waals surface area contributed by atoms with Crippen molar-refractivity contribution in [3.8, 4) is 11.8 Å². The molecule has 0 spiro atoms. The van der Waals surface area contributed by atoms with Gasteiger partial charge in [0, 0.05) is 0 Å². The van der Waals surface area contributed by atoms with Crippen molar-refractivity contribution >= 4 is 17.5 Å². The highest BCUT2D eigenvalue weighted by Crippen LogP contribution is 2.44. The number of halogens is 2. The highest BCUT2D eigenvalue weighted by atomic mass is 19.1. The Bertz CT molecular complexity index is 768. The molecule has 0 aromatic carbocycles. The van der Waals surface area contributed by atoms with E-state index in [-0.39, 0.29) is 11.8 Å². The first-order valence-corrected chi connectivity index (χ1v) is 6.99. The largest absolute Gasteiger partial charge is 0.394 e. The van der Waals surface area contributed by atoms with Gasteiger partial charge in [-0.05, 0) is 0 Å². The summed E-state index contributed by atoms with van der Waals surface area (Å²) in [5.74, 6) is 4.17. The smallest absolute Gasteiger partial charge is 0.243 e. The fourth-order valence-electron chi connectivity index (χ4n) is 2.68. The molecule has 1 fully saturated rings. The lowest BCUT2D eigenvalue weighted by Crippen LogP contribution is -2.42. The number of fused-ring (bicyclic) bond motifs is 1. The highest BCUT2D eigenvalue weighted by Gasteiger charge is 2.58. The van der Waals surface area contributed by atoms with Gasteiger partial charge in [-0.3, -0.25) is 4.57 Å². The summed E-state index contributed by atoms with van der Waals surface area (Å²) in [5.41, 5.74) is 3.64. The lowest BCUT2D eigenvalue weighted by Gasteiger charge is -2.25. The van der Waals surface area contributed by atoms with E-state index < -0.39 is 37.4 Å². The van der Waals surface area contributed by atoms with Crippen LogP contribution in [0.1, 0.15) is 11.9 Å². The Kier molecular flexibility index (Phi) is 4.00. The van der Waals surface area contributed by atoms with Gasteiger partial charge in [0.05, 0.1) is 18.6 Å². The zero-order valence-electron chi connectivity index (χ0n) is 12.4. The number of nitrogens with two attached hydrogens (primary N) is 1. The third-order valence-corrected chi connectivity index (χ3v) is 3.78. The summed E-state index contributed by atoms with van der Waals surface area (Å²) in [6.45, 7) is 1.99. The van der Waals surface area contributed by atoms with E-state index >= 15 is 4.39 Å². The number of nitrogens with one attached hydrogen (secondary N) is 1. The van der Waals surface area contributed by atoms with Gasteiger partial charge in [-0.1, -0.05) is 18.4 Å². The fraction of sp³-hybridized carbons (Fsp3) is 0.429. The maximum atomic E-state index is 15.3. The second-order valence-corrected chi connectivity index (χ2v) is 5.28. The van der Waals surface area contributed by atoms with E-state index in [1.54, 1.807) is 0 Å². The zero-order chi connectivity index (χ0) is 17.5. The Hall–Kier alpha value is -2.48. The molecule has 2 aliphatic rings. The van der Waals surface area contributed by atoms with Crippen LogP contribution in [0.25, 0.3) is 5.70 Å². The lowest BCUT2D eigenvalue weighted by molar-refractivity contribution is -0.0513. The van der Waals surface area contributed by atoms with Crippen LogP contribution in [-0.2, 0) is 4.74 Å². The monoisotopic (exact) mass is 339 g/mol. The molecular weight excluding hydrogens is 324 g/mol. The molecule has 4 atom stereocenters. The number of imidazole rings is 1. The highest BCUT2D eigenvalue weighted by molar-refractivity contribution is 5.93. The predicted octanol–water partition coefficient (Wildman–Crippen LogP) is -0.665. The lowest BCUT2D eigenvalue weighted by atomic mass is 9.96. The molecule has 1 aromatic rings. The van der Waals surface area contributed by atoms with Crippen LogP contribution in [0, 0.1) is 11.8 Å². The first kappa shape index (κ1) is 16.4. The molecular formula is C14H15F2N5O3. The van der Waals surface area contributed by atoms with E-state index in [1.807, 2.05) is 11.8 Å². The minimum absolute atomic E-state index is 0.0193. The summed E-state index contributed by atoms with van der Waals surface area (Å²) in [5, 5.41) is 22.0. The fourth-order valence-corrected chi connectivity index (χ4v) is 2.68. The maximum absolute atomic E-state index is 15.3. The van der Waals surface area contributed by atoms with Gasteiger partial charge in [0.1, 0.15) is 24.6 Å². The van der Waals surface area contributed by atoms with Gasteiger partial charge in [0.15, 0.2) is 18.0 Å². The molecule has 24 heavy (non-hydrogen) atoms. The number of nitrogens with zero attached hydrogens (tertiary/aromatic N) is 3. The Balaban J connectivity index is 2.10. The normalized spacial score (nSPS) is 31.8. The van der Waals surface area contributed by atoms with Crippen LogP contribution in [0.15, 0.2) is 17.9 Å². The quantitative estimate of drug-likeness (QED) is 0.531. The second kappa shape index (κ2) is 5.86. The van der Waals surface area contributed by atoms with Gasteiger partial charge in [0.25, 0.3) is 0 Å². The van der Waals surface area contributed by atoms with Gasteiger partial charge < -0.3 is 26.0 Å². The second-order valence-electron chi connectivity index (χ2n) is 5.28. The molecule has 0 saturated carbocycles. The molecule has 1 aromatic heterocycles. The summed E-state index contributed by atoms with van der Waals surface area (Å²) in [4.78, 5) is 8.10. The Morgan fingerprint density at radius 3 is 3.00 bits per heavy atom. The number of aliphatic imine (C=N–C) groups is 1. The van der Waals surface area contributed by atoms with E-state index in [0.717, 1.165) is 0 Å². The van der Waals surface area contributed by atoms with Crippen molar-refractivity contribution in [2.75, 3.05) is 13.3 Å². The average molecular weight is 339 g/mol. The van der Waals surface area contributed by atoms with Gasteiger partial charge in [0.2, 0.25) is 5.67 Å². The van der Waals surface area contributed by atoms with Crippen molar-refractivity contribution in [2.24, 2.45) is 10.7 Å². The van der Waals surface area contributed by atoms with Crippen molar-refractivity contribution in [1.82, 2.24) is 14.9 Å². The van der Waals surface area contributed by atoms with Crippen LogP contribution >= 0.6 is 0 Å². The number of ether oxygens (including phenoxy) is 1. The van der Waals surface area contributed by atoms with Gasteiger partial charge in [-0.15, -0.1) is 0 Å². The van der Waals surface area contributed by atoms with Crippen molar-refractivity contribution in [3.63, 3.8) is 0 Å². The topological polar surface area (TPSA) is 118 Å². The van der Waals surface area contributed by atoms with Crippen molar-refractivity contribution < 1.29 is 23.7 Å². The van der Waals surface area contributed by atoms with E-state index in [2.05, 4.69) is 21.9 Å². The van der Waals surface area contributed by atoms with E-state index in [9.17, 15) is 14.6 Å². The molecule has 3 heterocycles. The first-order valence-electron chi connectivity index (χ1n) is 6.99. The predicted molar refractivity (Wildman–Crippen MR) is 80.3 cm³/mol. The summed E-state index contributed by atoms with van der Waals surface area (Å²) in [7, 11) is 0.